The third-order valence-electron chi connectivity index (χ3n) is 1.98. The third kappa shape index (κ3) is 2.38. The maximum atomic E-state index is 12.2. The predicted octanol–water partition coefficient (Wildman–Crippen LogP) is 3.09. The molecule has 0 unspecified atom stereocenters. The zero-order valence-corrected chi connectivity index (χ0v) is 8.10. The summed E-state index contributed by atoms with van der Waals surface area (Å²) in [6, 6.07) is 5.23. The van der Waals surface area contributed by atoms with Crippen molar-refractivity contribution in [3.05, 3.63) is 35.4 Å². The molecule has 70 valence electrons. The third-order valence-corrected chi connectivity index (χ3v) is 1.98. The Morgan fingerprint density at radius 1 is 1.15 bits per heavy atom. The van der Waals surface area contributed by atoms with Crippen LogP contribution in [0.3, 0.4) is 0 Å². The minimum Gasteiger partial charge on any atom is -0.255 e. The van der Waals surface area contributed by atoms with Crippen LogP contribution in [0.5, 0.6) is 0 Å². The summed E-state index contributed by atoms with van der Waals surface area (Å²) in [6.45, 7) is 6.21. The van der Waals surface area contributed by atoms with E-state index in [1.165, 1.54) is 12.1 Å². The first-order chi connectivity index (χ1) is 5.91. The molecule has 0 aliphatic heterocycles. The van der Waals surface area contributed by atoms with Gasteiger partial charge in [-0.3, -0.25) is 4.79 Å². The lowest BCUT2D eigenvalue weighted by molar-refractivity contribution is 0.0836. The predicted molar refractivity (Wildman–Crippen MR) is 50.6 cm³/mol. The van der Waals surface area contributed by atoms with Crippen molar-refractivity contribution in [2.24, 2.45) is 0 Å². The van der Waals surface area contributed by atoms with Gasteiger partial charge >= 0.3 is 6.04 Å². The molecule has 0 heterocycles. The van der Waals surface area contributed by atoms with E-state index >= 15 is 0 Å². The number of halogens is 1. The Bertz CT molecular complexity index is 306. The molecule has 0 aliphatic rings. The van der Waals surface area contributed by atoms with Gasteiger partial charge in [0.05, 0.1) is 5.56 Å². The van der Waals surface area contributed by atoms with Crippen LogP contribution in [0.4, 0.5) is 4.39 Å². The largest absolute Gasteiger partial charge is 0.332 e. The smallest absolute Gasteiger partial charge is 0.255 e. The highest BCUT2D eigenvalue weighted by Crippen LogP contribution is 2.22. The van der Waals surface area contributed by atoms with Gasteiger partial charge in [0.1, 0.15) is 0 Å². The molecule has 13 heavy (non-hydrogen) atoms. The van der Waals surface area contributed by atoms with Crippen LogP contribution in [0, 0.1) is 0 Å². The first-order valence-corrected chi connectivity index (χ1v) is 4.21. The van der Waals surface area contributed by atoms with Gasteiger partial charge in [-0.05, 0) is 23.1 Å². The molecule has 0 radical (unpaired) electrons. The van der Waals surface area contributed by atoms with Crippen molar-refractivity contribution in [1.82, 2.24) is 0 Å². The topological polar surface area (TPSA) is 17.1 Å². The Hall–Kier alpha value is -1.18. The molecular formula is C11H13FO. The van der Waals surface area contributed by atoms with Crippen LogP contribution >= 0.6 is 0 Å². The fourth-order valence-electron chi connectivity index (χ4n) is 1.10. The Balaban J connectivity index is 3.01. The summed E-state index contributed by atoms with van der Waals surface area (Å²) in [6.07, 6.45) is 0. The maximum Gasteiger partial charge on any atom is 0.332 e. The highest BCUT2D eigenvalue weighted by molar-refractivity contribution is 5.88. The van der Waals surface area contributed by atoms with Gasteiger partial charge in [0, 0.05) is 0 Å². The number of carbonyl (C=O) groups excluding carboxylic acids is 1. The zero-order valence-electron chi connectivity index (χ0n) is 8.10. The van der Waals surface area contributed by atoms with Gasteiger partial charge in [-0.25, -0.2) is 0 Å². The van der Waals surface area contributed by atoms with E-state index in [1.807, 2.05) is 0 Å². The first kappa shape index (κ1) is 9.90. The molecule has 0 amide bonds. The lowest BCUT2D eigenvalue weighted by Crippen LogP contribution is -2.10. The normalized spacial score (nSPS) is 11.4. The zero-order chi connectivity index (χ0) is 10.1. The van der Waals surface area contributed by atoms with E-state index in [9.17, 15) is 9.18 Å². The number of carbonyl (C=O) groups is 1. The van der Waals surface area contributed by atoms with E-state index in [4.69, 9.17) is 0 Å². The van der Waals surface area contributed by atoms with Crippen LogP contribution in [0.2, 0.25) is 0 Å². The molecule has 0 N–H and O–H groups in total. The molecule has 0 bridgehead atoms. The molecule has 0 aliphatic carbocycles. The van der Waals surface area contributed by atoms with Crippen molar-refractivity contribution < 1.29 is 9.18 Å². The van der Waals surface area contributed by atoms with Crippen molar-refractivity contribution in [1.29, 1.82) is 0 Å². The van der Waals surface area contributed by atoms with Crippen molar-refractivity contribution in [3.8, 4) is 0 Å². The van der Waals surface area contributed by atoms with E-state index in [-0.39, 0.29) is 11.0 Å². The first-order valence-electron chi connectivity index (χ1n) is 4.21. The standard InChI is InChI=1S/C11H13FO/c1-11(2,3)9-6-4-8(5-7-9)10(12)13/h4-7H,1-3H3. The van der Waals surface area contributed by atoms with Gasteiger partial charge in [0.25, 0.3) is 0 Å². The van der Waals surface area contributed by atoms with Crippen LogP contribution in [-0.4, -0.2) is 6.04 Å². The molecule has 1 aromatic carbocycles. The average Bonchev–Trinajstić information content (AvgIpc) is 2.03. The molecule has 0 fully saturated rings. The fraction of sp³-hybridized carbons (Fsp3) is 0.364. The van der Waals surface area contributed by atoms with Crippen LogP contribution in [0.15, 0.2) is 24.3 Å². The number of hydrogen-bond acceptors (Lipinski definition) is 1. The quantitative estimate of drug-likeness (QED) is 0.607. The van der Waals surface area contributed by atoms with Crippen LogP contribution in [0.25, 0.3) is 0 Å². The van der Waals surface area contributed by atoms with Crippen LogP contribution < -0.4 is 0 Å². The second-order valence-corrected chi connectivity index (χ2v) is 4.10. The van der Waals surface area contributed by atoms with E-state index in [0.717, 1.165) is 5.56 Å². The van der Waals surface area contributed by atoms with E-state index in [2.05, 4.69) is 20.8 Å². The summed E-state index contributed by atoms with van der Waals surface area (Å²) < 4.78 is 12.2. The second-order valence-electron chi connectivity index (χ2n) is 4.10. The lowest BCUT2D eigenvalue weighted by Gasteiger charge is -2.18. The maximum absolute atomic E-state index is 12.2. The molecule has 0 saturated heterocycles. The Morgan fingerprint density at radius 2 is 1.62 bits per heavy atom. The summed E-state index contributed by atoms with van der Waals surface area (Å²) in [5, 5.41) is 0. The highest BCUT2D eigenvalue weighted by Gasteiger charge is 2.13. The lowest BCUT2D eigenvalue weighted by atomic mass is 9.87. The SMILES string of the molecule is CC(C)(C)c1ccc(C(=O)F)cc1. The van der Waals surface area contributed by atoms with Crippen molar-refractivity contribution in [2.75, 3.05) is 0 Å². The van der Waals surface area contributed by atoms with E-state index in [0.29, 0.717) is 0 Å². The molecule has 1 rings (SSSR count). The van der Waals surface area contributed by atoms with E-state index in [1.54, 1.807) is 12.1 Å². The summed E-state index contributed by atoms with van der Waals surface area (Å²) in [5.41, 5.74) is 1.25. The van der Waals surface area contributed by atoms with Crippen molar-refractivity contribution in [2.45, 2.75) is 26.2 Å². The van der Waals surface area contributed by atoms with Crippen LogP contribution in [-0.2, 0) is 5.41 Å². The molecule has 1 nitrogen and oxygen atoms in total. The molecule has 0 saturated carbocycles. The molecule has 0 atom stereocenters. The van der Waals surface area contributed by atoms with Crippen molar-refractivity contribution in [3.63, 3.8) is 0 Å². The second kappa shape index (κ2) is 3.29. The Labute approximate surface area is 77.6 Å². The van der Waals surface area contributed by atoms with Gasteiger partial charge in [0.15, 0.2) is 0 Å². The molecule has 0 spiro atoms. The number of hydrogen-bond donors (Lipinski definition) is 0. The van der Waals surface area contributed by atoms with Gasteiger partial charge in [0.2, 0.25) is 0 Å². The molecular weight excluding hydrogens is 167 g/mol. The summed E-state index contributed by atoms with van der Waals surface area (Å²) in [7, 11) is 0. The summed E-state index contributed by atoms with van der Waals surface area (Å²) in [5.74, 6) is 0. The number of rotatable bonds is 1. The fourth-order valence-corrected chi connectivity index (χ4v) is 1.10. The summed E-state index contributed by atoms with van der Waals surface area (Å²) in [4.78, 5) is 10.3. The highest BCUT2D eigenvalue weighted by atomic mass is 19.1. The van der Waals surface area contributed by atoms with Gasteiger partial charge in [-0.15, -0.1) is 0 Å². The van der Waals surface area contributed by atoms with E-state index < -0.39 is 6.04 Å². The average molecular weight is 180 g/mol. The van der Waals surface area contributed by atoms with Gasteiger partial charge in [-0.1, -0.05) is 32.9 Å². The monoisotopic (exact) mass is 180 g/mol. The molecule has 1 aromatic rings. The summed E-state index contributed by atoms with van der Waals surface area (Å²) >= 11 is 0. The van der Waals surface area contributed by atoms with Crippen molar-refractivity contribution >= 4 is 6.04 Å². The van der Waals surface area contributed by atoms with Gasteiger partial charge in [-0.2, -0.15) is 4.39 Å². The number of benzene rings is 1. The molecule has 2 heteroatoms. The van der Waals surface area contributed by atoms with Crippen LogP contribution in [0.1, 0.15) is 36.7 Å². The minimum absolute atomic E-state index is 0.0396. The van der Waals surface area contributed by atoms with Gasteiger partial charge < -0.3 is 0 Å². The Kier molecular flexibility index (Phi) is 2.50. The minimum atomic E-state index is -1.37. The Morgan fingerprint density at radius 3 is 1.92 bits per heavy atom. The molecule has 0 aromatic heterocycles.